The molecule has 0 saturated carbocycles. The Kier molecular flexibility index (Phi) is 5.03. The van der Waals surface area contributed by atoms with E-state index in [1.54, 1.807) is 11.8 Å². The summed E-state index contributed by atoms with van der Waals surface area (Å²) in [6.45, 7) is 2.02. The first-order valence-corrected chi connectivity index (χ1v) is 9.52. The first-order chi connectivity index (χ1) is 14.1. The highest BCUT2D eigenvalue weighted by atomic mass is 16.5. The monoisotopic (exact) mass is 390 g/mol. The van der Waals surface area contributed by atoms with Crippen LogP contribution in [0.2, 0.25) is 0 Å². The van der Waals surface area contributed by atoms with E-state index in [4.69, 9.17) is 4.74 Å². The summed E-state index contributed by atoms with van der Waals surface area (Å²) in [7, 11) is 1.62. The van der Waals surface area contributed by atoms with Gasteiger partial charge in [0.15, 0.2) is 0 Å². The number of nitrogens with one attached hydrogen (secondary N) is 2. The molecule has 1 unspecified atom stereocenters. The molecule has 7 heteroatoms. The maximum atomic E-state index is 12.6. The number of benzene rings is 2. The second kappa shape index (κ2) is 7.79. The van der Waals surface area contributed by atoms with Gasteiger partial charge in [0, 0.05) is 11.3 Å². The van der Waals surface area contributed by atoms with E-state index in [0.717, 1.165) is 22.6 Å². The number of para-hydroxylation sites is 1. The minimum absolute atomic E-state index is 0.0145. The summed E-state index contributed by atoms with van der Waals surface area (Å²) >= 11 is 0. The molecule has 148 valence electrons. The van der Waals surface area contributed by atoms with Crippen LogP contribution in [0.15, 0.2) is 54.6 Å². The number of aromatic nitrogens is 2. The maximum Gasteiger partial charge on any atom is 0.251 e. The largest absolute Gasteiger partial charge is 0.497 e. The summed E-state index contributed by atoms with van der Waals surface area (Å²) < 4.78 is 6.87. The van der Waals surface area contributed by atoms with E-state index in [2.05, 4.69) is 15.7 Å². The van der Waals surface area contributed by atoms with Crippen molar-refractivity contribution in [3.8, 4) is 16.9 Å². The first-order valence-electron chi connectivity index (χ1n) is 9.52. The molecule has 2 N–H and O–H groups in total. The summed E-state index contributed by atoms with van der Waals surface area (Å²) in [5, 5.41) is 10.4. The third kappa shape index (κ3) is 3.59. The lowest BCUT2D eigenvalue weighted by Gasteiger charge is -2.10. The van der Waals surface area contributed by atoms with Crippen molar-refractivity contribution in [3.05, 3.63) is 60.3 Å². The maximum absolute atomic E-state index is 12.6. The van der Waals surface area contributed by atoms with Crippen molar-refractivity contribution in [2.75, 3.05) is 17.7 Å². The first kappa shape index (κ1) is 18.7. The molecule has 3 aromatic rings. The zero-order chi connectivity index (χ0) is 20.4. The molecule has 0 saturated heterocycles. The van der Waals surface area contributed by atoms with Gasteiger partial charge in [-0.15, -0.1) is 0 Å². The van der Waals surface area contributed by atoms with Gasteiger partial charge in [-0.05, 0) is 36.2 Å². The Morgan fingerprint density at radius 3 is 2.55 bits per heavy atom. The molecule has 1 aromatic heterocycles. The number of ether oxygens (including phenoxy) is 1. The van der Waals surface area contributed by atoms with Crippen LogP contribution >= 0.6 is 0 Å². The van der Waals surface area contributed by atoms with Gasteiger partial charge in [-0.2, -0.15) is 5.10 Å². The van der Waals surface area contributed by atoms with Crippen LogP contribution in [0.1, 0.15) is 25.1 Å². The molecule has 4 rings (SSSR count). The molecule has 1 atom stereocenters. The van der Waals surface area contributed by atoms with Crippen LogP contribution < -0.4 is 15.4 Å². The van der Waals surface area contributed by atoms with E-state index in [0.29, 0.717) is 17.9 Å². The van der Waals surface area contributed by atoms with Crippen molar-refractivity contribution < 1.29 is 14.3 Å². The summed E-state index contributed by atoms with van der Waals surface area (Å²) in [5.74, 6) is 0.932. The smallest absolute Gasteiger partial charge is 0.251 e. The third-order valence-electron chi connectivity index (χ3n) is 4.97. The lowest BCUT2D eigenvalue weighted by atomic mass is 10.0. The molecule has 0 radical (unpaired) electrons. The summed E-state index contributed by atoms with van der Waals surface area (Å²) in [6, 6.07) is 16.1. The van der Waals surface area contributed by atoms with Gasteiger partial charge in [-0.1, -0.05) is 37.3 Å². The number of anilines is 2. The van der Waals surface area contributed by atoms with E-state index in [-0.39, 0.29) is 18.2 Å². The molecule has 0 aliphatic carbocycles. The zero-order valence-electron chi connectivity index (χ0n) is 16.3. The second-order valence-electron chi connectivity index (χ2n) is 6.82. The van der Waals surface area contributed by atoms with Crippen LogP contribution in [0.3, 0.4) is 0 Å². The molecule has 2 heterocycles. The van der Waals surface area contributed by atoms with Gasteiger partial charge in [-0.25, -0.2) is 4.68 Å². The van der Waals surface area contributed by atoms with E-state index in [1.807, 2.05) is 61.5 Å². The van der Waals surface area contributed by atoms with Gasteiger partial charge >= 0.3 is 0 Å². The van der Waals surface area contributed by atoms with Gasteiger partial charge < -0.3 is 15.4 Å². The normalized spacial score (nSPS) is 15.0. The summed E-state index contributed by atoms with van der Waals surface area (Å²) in [5.41, 5.74) is 3.40. The fourth-order valence-corrected chi connectivity index (χ4v) is 3.53. The average Bonchev–Trinajstić information content (AvgIpc) is 3.24. The van der Waals surface area contributed by atoms with Gasteiger partial charge in [0.1, 0.15) is 17.6 Å². The number of aryl methyl sites for hydroxylation is 1. The Hall–Kier alpha value is -3.61. The topological polar surface area (TPSA) is 85.2 Å². The van der Waals surface area contributed by atoms with E-state index >= 15 is 0 Å². The molecular weight excluding hydrogens is 368 g/mol. The number of fused-ring (bicyclic) bond motifs is 1. The molecule has 1 aliphatic rings. The van der Waals surface area contributed by atoms with Crippen LogP contribution in [-0.2, 0) is 16.0 Å². The van der Waals surface area contributed by atoms with E-state index < -0.39 is 6.04 Å². The SMILES string of the molecule is CCc1nn2c(c1-c1ccc(OC)cc1)NC(=O)C2CC(=O)Nc1ccccc1. The number of carbonyl (C=O) groups excluding carboxylic acids is 2. The van der Waals surface area contributed by atoms with Gasteiger partial charge in [-0.3, -0.25) is 9.59 Å². The quantitative estimate of drug-likeness (QED) is 0.673. The summed E-state index contributed by atoms with van der Waals surface area (Å²) in [4.78, 5) is 25.1. The van der Waals surface area contributed by atoms with Crippen molar-refractivity contribution in [2.45, 2.75) is 25.8 Å². The van der Waals surface area contributed by atoms with E-state index in [1.165, 1.54) is 0 Å². The Balaban J connectivity index is 1.62. The van der Waals surface area contributed by atoms with Crippen molar-refractivity contribution in [2.24, 2.45) is 0 Å². The highest BCUT2D eigenvalue weighted by Crippen LogP contribution is 2.39. The zero-order valence-corrected chi connectivity index (χ0v) is 16.3. The Morgan fingerprint density at radius 2 is 1.90 bits per heavy atom. The Bertz CT molecular complexity index is 1040. The predicted molar refractivity (Wildman–Crippen MR) is 111 cm³/mol. The van der Waals surface area contributed by atoms with Crippen molar-refractivity contribution in [1.29, 1.82) is 0 Å². The molecule has 29 heavy (non-hydrogen) atoms. The Labute approximate surface area is 168 Å². The lowest BCUT2D eigenvalue weighted by molar-refractivity contribution is -0.123. The predicted octanol–water partition coefficient (Wildman–Crippen LogP) is 3.64. The van der Waals surface area contributed by atoms with E-state index in [9.17, 15) is 9.59 Å². The molecule has 2 aromatic carbocycles. The molecule has 2 amide bonds. The number of methoxy groups -OCH3 is 1. The van der Waals surface area contributed by atoms with Crippen molar-refractivity contribution >= 4 is 23.3 Å². The number of hydrogen-bond donors (Lipinski definition) is 2. The fraction of sp³-hybridized carbons (Fsp3) is 0.227. The number of amides is 2. The van der Waals surface area contributed by atoms with Crippen molar-refractivity contribution in [3.63, 3.8) is 0 Å². The average molecular weight is 390 g/mol. The molecular formula is C22H22N4O3. The molecule has 1 aliphatic heterocycles. The van der Waals surface area contributed by atoms with Gasteiger partial charge in [0.25, 0.3) is 5.91 Å². The number of hydrogen-bond acceptors (Lipinski definition) is 4. The highest BCUT2D eigenvalue weighted by molar-refractivity contribution is 6.04. The minimum atomic E-state index is -0.675. The van der Waals surface area contributed by atoms with Gasteiger partial charge in [0.2, 0.25) is 5.91 Å². The molecule has 7 nitrogen and oxygen atoms in total. The minimum Gasteiger partial charge on any atom is -0.497 e. The van der Waals surface area contributed by atoms with Crippen LogP contribution in [0.5, 0.6) is 5.75 Å². The standard InChI is InChI=1S/C22H22N4O3/c1-3-17-20(14-9-11-16(29-2)12-10-14)21-24-22(28)18(26(21)25-17)13-19(27)23-15-7-5-4-6-8-15/h4-12,18H,3,13H2,1-2H3,(H,23,27)(H,24,28). The molecule has 0 bridgehead atoms. The van der Waals surface area contributed by atoms with Crippen LogP contribution in [-0.4, -0.2) is 28.7 Å². The number of nitrogens with zero attached hydrogens (tertiary/aromatic N) is 2. The third-order valence-corrected chi connectivity index (χ3v) is 4.97. The second-order valence-corrected chi connectivity index (χ2v) is 6.82. The van der Waals surface area contributed by atoms with Crippen molar-refractivity contribution in [1.82, 2.24) is 9.78 Å². The fourth-order valence-electron chi connectivity index (χ4n) is 3.53. The van der Waals surface area contributed by atoms with Gasteiger partial charge in [0.05, 0.1) is 19.2 Å². The number of rotatable bonds is 6. The Morgan fingerprint density at radius 1 is 1.17 bits per heavy atom. The molecule has 0 fully saturated rings. The van der Waals surface area contributed by atoms with Crippen LogP contribution in [0, 0.1) is 0 Å². The van der Waals surface area contributed by atoms with Crippen LogP contribution in [0.4, 0.5) is 11.5 Å². The molecule has 0 spiro atoms. The highest BCUT2D eigenvalue weighted by Gasteiger charge is 2.36. The lowest BCUT2D eigenvalue weighted by Crippen LogP contribution is -2.23. The number of carbonyl (C=O) groups is 2. The van der Waals surface area contributed by atoms with Crippen LogP contribution in [0.25, 0.3) is 11.1 Å². The summed E-state index contributed by atoms with van der Waals surface area (Å²) in [6.07, 6.45) is 0.723.